The molecule has 0 spiro atoms. The quantitative estimate of drug-likeness (QED) is 0.663. The van der Waals surface area contributed by atoms with E-state index in [1.807, 2.05) is 0 Å². The van der Waals surface area contributed by atoms with E-state index in [-0.39, 0.29) is 31.9 Å². The van der Waals surface area contributed by atoms with Crippen molar-refractivity contribution in [2.24, 2.45) is 0 Å². The summed E-state index contributed by atoms with van der Waals surface area (Å²) in [4.78, 5) is 25.4. The van der Waals surface area contributed by atoms with Crippen molar-refractivity contribution in [2.75, 3.05) is 38.0 Å². The third kappa shape index (κ3) is 5.49. The second kappa shape index (κ2) is 9.44. The van der Waals surface area contributed by atoms with E-state index < -0.39 is 36.7 Å². The van der Waals surface area contributed by atoms with Gasteiger partial charge in [0.15, 0.2) is 6.10 Å². The summed E-state index contributed by atoms with van der Waals surface area (Å²) in [6.45, 7) is 0.884. The molecule has 1 aromatic carbocycles. The molecule has 7 nitrogen and oxygen atoms in total. The van der Waals surface area contributed by atoms with E-state index in [1.54, 1.807) is 24.3 Å². The molecule has 28 heavy (non-hydrogen) atoms. The van der Waals surface area contributed by atoms with Crippen LogP contribution in [0.15, 0.2) is 24.3 Å². The maximum Gasteiger partial charge on any atom is 0.405 e. The highest BCUT2D eigenvalue weighted by Gasteiger charge is 2.44. The predicted octanol–water partition coefficient (Wildman–Crippen LogP) is 1.15. The molecule has 2 atom stereocenters. The molecule has 0 bridgehead atoms. The van der Waals surface area contributed by atoms with Crippen LogP contribution in [0.2, 0.25) is 0 Å². The smallest absolute Gasteiger partial charge is 0.405 e. The zero-order chi connectivity index (χ0) is 19.4. The van der Waals surface area contributed by atoms with Crippen LogP contribution < -0.4 is 20.7 Å². The van der Waals surface area contributed by atoms with Gasteiger partial charge in [-0.2, -0.15) is 13.2 Å². The van der Waals surface area contributed by atoms with Crippen molar-refractivity contribution in [2.45, 2.75) is 24.7 Å². The number of carbonyl (C=O) groups excluding carboxylic acids is 2. The number of anilines is 1. The number of para-hydroxylation sites is 2. The van der Waals surface area contributed by atoms with E-state index in [1.165, 1.54) is 4.90 Å². The first kappa shape index (κ1) is 22.3. The molecule has 2 heterocycles. The molecule has 0 radical (unpaired) electrons. The zero-order valence-electron chi connectivity index (χ0n) is 14.9. The van der Waals surface area contributed by atoms with E-state index in [2.05, 4.69) is 16.0 Å². The first-order chi connectivity index (χ1) is 12.8. The first-order valence-electron chi connectivity index (χ1n) is 8.69. The number of rotatable bonds is 5. The maximum absolute atomic E-state index is 13.3. The van der Waals surface area contributed by atoms with Gasteiger partial charge in [0.25, 0.3) is 5.91 Å². The van der Waals surface area contributed by atoms with Gasteiger partial charge in [-0.3, -0.25) is 14.5 Å². The number of alkyl halides is 3. The molecule has 0 saturated carbocycles. The number of benzene rings is 1. The van der Waals surface area contributed by atoms with Crippen LogP contribution in [-0.2, 0) is 9.59 Å². The number of fused-ring (bicyclic) bond motifs is 1. The molecule has 0 aliphatic carbocycles. The van der Waals surface area contributed by atoms with E-state index in [9.17, 15) is 22.8 Å². The highest BCUT2D eigenvalue weighted by Crippen LogP contribution is 2.29. The molecule has 11 heteroatoms. The Morgan fingerprint density at radius 1 is 1.29 bits per heavy atom. The van der Waals surface area contributed by atoms with Gasteiger partial charge in [0.05, 0.1) is 12.1 Å². The van der Waals surface area contributed by atoms with Gasteiger partial charge in [0.1, 0.15) is 11.8 Å². The molecule has 156 valence electrons. The number of hydrogen-bond acceptors (Lipinski definition) is 5. The van der Waals surface area contributed by atoms with Gasteiger partial charge in [-0.1, -0.05) is 12.1 Å². The van der Waals surface area contributed by atoms with E-state index in [0.717, 1.165) is 0 Å². The Kier molecular flexibility index (Phi) is 7.50. The minimum atomic E-state index is -4.46. The minimum Gasteiger partial charge on any atom is -0.478 e. The summed E-state index contributed by atoms with van der Waals surface area (Å²) >= 11 is 0. The second-order valence-corrected chi connectivity index (χ2v) is 6.44. The van der Waals surface area contributed by atoms with Gasteiger partial charge in [-0.05, 0) is 12.1 Å². The molecule has 2 amide bonds. The van der Waals surface area contributed by atoms with Gasteiger partial charge in [0.2, 0.25) is 5.91 Å². The average Bonchev–Trinajstić information content (AvgIpc) is 2.62. The fourth-order valence-corrected chi connectivity index (χ4v) is 3.12. The molecule has 1 aromatic rings. The van der Waals surface area contributed by atoms with Crippen LogP contribution in [0.1, 0.15) is 6.42 Å². The number of carbonyl (C=O) groups is 2. The van der Waals surface area contributed by atoms with Crippen molar-refractivity contribution in [1.82, 2.24) is 15.5 Å². The van der Waals surface area contributed by atoms with Gasteiger partial charge >= 0.3 is 6.18 Å². The Labute approximate surface area is 166 Å². The van der Waals surface area contributed by atoms with Crippen LogP contribution in [0, 0.1) is 0 Å². The number of amides is 2. The number of ether oxygens (including phenoxy) is 1. The Balaban J connectivity index is 0.00000280. The third-order valence-corrected chi connectivity index (χ3v) is 4.54. The number of halogens is 4. The standard InChI is InChI=1S/C17H21F3N4O3.ClH/c18-17(19,20)14(24-7-5-21-6-8-24)10-22-15(25)9-13-16(26)23-11-3-1-2-4-12(11)27-13;/h1-4,13-14,21H,5-10H2,(H,22,25)(H,23,26);1H. The number of hydrogen-bond donors (Lipinski definition) is 3. The molecule has 2 unspecified atom stereocenters. The van der Waals surface area contributed by atoms with Crippen molar-refractivity contribution in [3.05, 3.63) is 24.3 Å². The van der Waals surface area contributed by atoms with Crippen LogP contribution in [0.5, 0.6) is 5.75 Å². The Morgan fingerprint density at radius 3 is 2.64 bits per heavy atom. The molecular formula is C17H22ClF3N4O3. The van der Waals surface area contributed by atoms with Crippen molar-refractivity contribution in [1.29, 1.82) is 0 Å². The Hall–Kier alpha value is -2.04. The van der Waals surface area contributed by atoms with Crippen LogP contribution in [0.4, 0.5) is 18.9 Å². The number of piperazine rings is 1. The lowest BCUT2D eigenvalue weighted by atomic mass is 10.1. The SMILES string of the molecule is Cl.O=C(CC1Oc2ccccc2NC1=O)NCC(N1CCNCC1)C(F)(F)F. The Morgan fingerprint density at radius 2 is 1.96 bits per heavy atom. The van der Waals surface area contributed by atoms with Crippen LogP contribution in [0.3, 0.4) is 0 Å². The van der Waals surface area contributed by atoms with E-state index >= 15 is 0 Å². The maximum atomic E-state index is 13.3. The van der Waals surface area contributed by atoms with Gasteiger partial charge < -0.3 is 20.7 Å². The molecule has 1 fully saturated rings. The Bertz CT molecular complexity index is 698. The summed E-state index contributed by atoms with van der Waals surface area (Å²) in [5.74, 6) is -0.749. The molecule has 1 saturated heterocycles. The fourth-order valence-electron chi connectivity index (χ4n) is 3.12. The first-order valence-corrected chi connectivity index (χ1v) is 8.69. The van der Waals surface area contributed by atoms with Crippen molar-refractivity contribution in [3.8, 4) is 5.75 Å². The normalized spacial score (nSPS) is 20.8. The highest BCUT2D eigenvalue weighted by atomic mass is 35.5. The molecule has 3 N–H and O–H groups in total. The van der Waals surface area contributed by atoms with Crippen molar-refractivity contribution in [3.63, 3.8) is 0 Å². The predicted molar refractivity (Wildman–Crippen MR) is 98.6 cm³/mol. The monoisotopic (exact) mass is 422 g/mol. The lowest BCUT2D eigenvalue weighted by Gasteiger charge is -2.36. The lowest BCUT2D eigenvalue weighted by molar-refractivity contribution is -0.184. The lowest BCUT2D eigenvalue weighted by Crippen LogP contribution is -2.57. The largest absolute Gasteiger partial charge is 0.478 e. The third-order valence-electron chi connectivity index (χ3n) is 4.54. The van der Waals surface area contributed by atoms with E-state index in [0.29, 0.717) is 24.5 Å². The summed E-state index contributed by atoms with van der Waals surface area (Å²) in [6, 6.07) is 4.98. The number of nitrogens with zero attached hydrogens (tertiary/aromatic N) is 1. The van der Waals surface area contributed by atoms with Gasteiger partial charge in [-0.15, -0.1) is 12.4 Å². The second-order valence-electron chi connectivity index (χ2n) is 6.44. The van der Waals surface area contributed by atoms with Crippen molar-refractivity contribution < 1.29 is 27.5 Å². The van der Waals surface area contributed by atoms with Crippen LogP contribution >= 0.6 is 12.4 Å². The molecule has 0 aromatic heterocycles. The summed E-state index contributed by atoms with van der Waals surface area (Å²) in [5.41, 5.74) is 0.495. The zero-order valence-corrected chi connectivity index (χ0v) is 15.7. The van der Waals surface area contributed by atoms with Crippen LogP contribution in [0.25, 0.3) is 0 Å². The average molecular weight is 423 g/mol. The minimum absolute atomic E-state index is 0. The highest BCUT2D eigenvalue weighted by molar-refractivity contribution is 5.99. The number of nitrogens with one attached hydrogen (secondary N) is 3. The van der Waals surface area contributed by atoms with Crippen molar-refractivity contribution >= 4 is 29.9 Å². The van der Waals surface area contributed by atoms with E-state index in [4.69, 9.17) is 4.74 Å². The summed E-state index contributed by atoms with van der Waals surface area (Å²) in [6.07, 6.45) is -5.89. The summed E-state index contributed by atoms with van der Waals surface area (Å²) in [7, 11) is 0. The summed E-state index contributed by atoms with van der Waals surface area (Å²) in [5, 5.41) is 7.91. The van der Waals surface area contributed by atoms with Gasteiger partial charge in [-0.25, -0.2) is 0 Å². The van der Waals surface area contributed by atoms with Crippen LogP contribution in [-0.4, -0.2) is 67.8 Å². The fraction of sp³-hybridized carbons (Fsp3) is 0.529. The molecule has 2 aliphatic heterocycles. The molecule has 2 aliphatic rings. The topological polar surface area (TPSA) is 82.7 Å². The molecular weight excluding hydrogens is 401 g/mol. The van der Waals surface area contributed by atoms with Gasteiger partial charge in [0, 0.05) is 32.7 Å². The molecule has 3 rings (SSSR count). The summed E-state index contributed by atoms with van der Waals surface area (Å²) < 4.78 is 45.5.